The summed E-state index contributed by atoms with van der Waals surface area (Å²) in [7, 11) is 0. The van der Waals surface area contributed by atoms with E-state index in [1.165, 1.54) is 11.3 Å². The minimum absolute atomic E-state index is 0.00564. The number of nitrogens with zero attached hydrogens (tertiary/aromatic N) is 5. The fourth-order valence-electron chi connectivity index (χ4n) is 8.04. The number of nitrogens with two attached hydrogens (primary N) is 1. The minimum Gasteiger partial charge on any atom is -0.386 e. The van der Waals surface area contributed by atoms with E-state index in [0.717, 1.165) is 44.9 Å². The van der Waals surface area contributed by atoms with Crippen molar-refractivity contribution < 1.29 is 18.0 Å². The smallest absolute Gasteiger partial charge is 0.386 e. The molecule has 2 fully saturated rings. The highest BCUT2D eigenvalue weighted by atomic mass is 19.4. The molecule has 0 spiro atoms. The molecular weight excluding hydrogens is 627 g/mol. The van der Waals surface area contributed by atoms with Gasteiger partial charge in [-0.3, -0.25) is 24.6 Å². The Morgan fingerprint density at radius 1 is 1.18 bits per heavy atom. The quantitative estimate of drug-likeness (QED) is 0.115. The van der Waals surface area contributed by atoms with Gasteiger partial charge in [0.25, 0.3) is 11.9 Å². The number of carbonyl (C=O) groups excluding carboxylic acids is 1. The number of alkyl halides is 3. The van der Waals surface area contributed by atoms with Crippen molar-refractivity contribution in [2.75, 3.05) is 39.3 Å². The van der Waals surface area contributed by atoms with Crippen LogP contribution < -0.4 is 15.7 Å². The lowest BCUT2D eigenvalue weighted by atomic mass is 9.81. The Balaban J connectivity index is 1.94. The van der Waals surface area contributed by atoms with Gasteiger partial charge in [-0.25, -0.2) is 0 Å². The van der Waals surface area contributed by atoms with Crippen LogP contribution in [0.15, 0.2) is 9.98 Å². The molecule has 49 heavy (non-hydrogen) atoms. The fraction of sp³-hybridized carbons (Fsp3) is 0.868. The highest BCUT2D eigenvalue weighted by molar-refractivity contribution is 6.20. The molecule has 0 aromatic heterocycles. The zero-order chi connectivity index (χ0) is 36.4. The summed E-state index contributed by atoms with van der Waals surface area (Å²) in [6.45, 7) is 18.6. The van der Waals surface area contributed by atoms with Gasteiger partial charge in [0, 0.05) is 51.7 Å². The predicted octanol–water partition coefficient (Wildman–Crippen LogP) is 6.16. The largest absolute Gasteiger partial charge is 0.401 e. The number of unbranched alkanes of at least 4 members (excludes halogenated alkanes) is 3. The summed E-state index contributed by atoms with van der Waals surface area (Å²) in [4.78, 5) is 28.1. The van der Waals surface area contributed by atoms with Crippen LogP contribution in [-0.4, -0.2) is 103 Å². The van der Waals surface area contributed by atoms with Crippen LogP contribution in [0.25, 0.3) is 0 Å². The zero-order valence-corrected chi connectivity index (χ0v) is 31.7. The van der Waals surface area contributed by atoms with Gasteiger partial charge < -0.3 is 11.1 Å². The molecule has 0 aromatic rings. The van der Waals surface area contributed by atoms with Crippen LogP contribution in [-0.2, 0) is 4.79 Å². The van der Waals surface area contributed by atoms with Crippen LogP contribution in [0.2, 0.25) is 0 Å². The lowest BCUT2D eigenvalue weighted by molar-refractivity contribution is -0.150. The number of amidine groups is 1. The number of hydrogen-bond acceptors (Lipinski definition) is 6. The fourth-order valence-corrected chi connectivity index (χ4v) is 8.04. The normalized spacial score (nSPS) is 28.3. The maximum absolute atomic E-state index is 14.5. The number of carbonyl (C=O) groups is 1. The van der Waals surface area contributed by atoms with E-state index in [1.54, 1.807) is 0 Å². The molecule has 0 aromatic carbocycles. The van der Waals surface area contributed by atoms with Crippen molar-refractivity contribution in [3.63, 3.8) is 0 Å². The van der Waals surface area contributed by atoms with Crippen LogP contribution in [0.1, 0.15) is 113 Å². The van der Waals surface area contributed by atoms with Crippen LogP contribution in [0.3, 0.4) is 0 Å². The molecule has 0 bridgehead atoms. The van der Waals surface area contributed by atoms with Gasteiger partial charge in [0.15, 0.2) is 5.92 Å². The van der Waals surface area contributed by atoms with Gasteiger partial charge in [-0.15, -0.1) is 4.67 Å². The Kier molecular flexibility index (Phi) is 15.8. The molecule has 1 aliphatic carbocycles. The second-order valence-corrected chi connectivity index (χ2v) is 16.1. The highest BCUT2D eigenvalue weighted by Crippen LogP contribution is 2.54. The molecule has 2 heterocycles. The third kappa shape index (κ3) is 12.8. The number of piperazine rings is 1. The predicted molar refractivity (Wildman–Crippen MR) is 199 cm³/mol. The molecule has 1 amide bonds. The van der Waals surface area contributed by atoms with E-state index >= 15 is 0 Å². The Labute approximate surface area is 294 Å². The van der Waals surface area contributed by atoms with Crippen molar-refractivity contribution >= 4 is 29.9 Å². The number of rotatable bonds is 16. The molecule has 2 aliphatic heterocycles. The van der Waals surface area contributed by atoms with Crippen LogP contribution >= 0.6 is 0 Å². The second kappa shape index (κ2) is 18.8. The molecule has 3 N–H and O–H groups in total. The molecule has 1 saturated heterocycles. The first-order chi connectivity index (χ1) is 23.1. The van der Waals surface area contributed by atoms with E-state index < -0.39 is 18.6 Å². The van der Waals surface area contributed by atoms with E-state index in [1.807, 2.05) is 19.4 Å². The summed E-state index contributed by atoms with van der Waals surface area (Å²) in [5.41, 5.74) is 7.47. The third-order valence-electron chi connectivity index (χ3n) is 11.0. The molecule has 7 unspecified atom stereocenters. The average molecular weight is 695 g/mol. The minimum atomic E-state index is -4.22. The summed E-state index contributed by atoms with van der Waals surface area (Å²) in [6, 6.07) is -0.277. The van der Waals surface area contributed by atoms with Crippen molar-refractivity contribution in [2.45, 2.75) is 137 Å². The van der Waals surface area contributed by atoms with E-state index in [9.17, 15) is 18.0 Å². The first-order valence-electron chi connectivity index (χ1n) is 19.1. The Morgan fingerprint density at radius 3 is 2.43 bits per heavy atom. The standard InChI is InChI=1S/C38H66F3N7O/c1-9-11-12-13-16-43-17-15-31(48-20-18-47(19-21-48)25-38(39,40)41)34(30-23-37(30,7)8)46-36(49)32-28(6)44-24-27(5)22-29(14-10-2)33(26(3)4)45-35(32)42/h16,24,26-27,29-34H,9-15,17-23,25H2,1-8H3,(H2-,42,45,46,49)/p+1. The average Bonchev–Trinajstić information content (AvgIpc) is 3.65. The van der Waals surface area contributed by atoms with Crippen molar-refractivity contribution in [3.05, 3.63) is 0 Å². The molecule has 1 saturated carbocycles. The van der Waals surface area contributed by atoms with Crippen LogP contribution in [0.4, 0.5) is 13.2 Å². The molecule has 8 nitrogen and oxygen atoms in total. The van der Waals surface area contributed by atoms with Crippen molar-refractivity contribution in [1.82, 2.24) is 19.8 Å². The maximum Gasteiger partial charge on any atom is 0.401 e. The van der Waals surface area contributed by atoms with Gasteiger partial charge in [0.05, 0.1) is 18.5 Å². The number of aliphatic imine (C=N–C) groups is 2. The second-order valence-electron chi connectivity index (χ2n) is 16.1. The number of halogens is 3. The first-order valence-corrected chi connectivity index (χ1v) is 19.1. The molecule has 3 rings (SSSR count). The van der Waals surface area contributed by atoms with Crippen molar-refractivity contribution in [1.29, 1.82) is 0 Å². The zero-order valence-electron chi connectivity index (χ0n) is 31.7. The van der Waals surface area contributed by atoms with E-state index in [0.29, 0.717) is 56.6 Å². The van der Waals surface area contributed by atoms with Crippen molar-refractivity contribution in [3.8, 4) is 0 Å². The van der Waals surface area contributed by atoms with E-state index in [2.05, 4.69) is 58.7 Å². The summed E-state index contributed by atoms with van der Waals surface area (Å²) < 4.78 is 44.5. The van der Waals surface area contributed by atoms with Gasteiger partial charge in [-0.2, -0.15) is 13.2 Å². The van der Waals surface area contributed by atoms with Gasteiger partial charge in [0.1, 0.15) is 5.84 Å². The first kappa shape index (κ1) is 41.2. The van der Waals surface area contributed by atoms with Gasteiger partial charge in [-0.05, 0) is 67.9 Å². The van der Waals surface area contributed by atoms with Gasteiger partial charge in [-0.1, -0.05) is 67.7 Å². The highest BCUT2D eigenvalue weighted by Gasteiger charge is 2.54. The SMILES string of the molecule is CCCCCC=NCCC(C(NC(=O)C1C(N)=NC(C(C)C)C(CCC)CC(C)C=[N+]=C1C)C1CC1(C)C)N1CCN(CC(F)(F)F)CC1. The number of nitrogens with one attached hydrogen (secondary N) is 1. The van der Waals surface area contributed by atoms with E-state index in [4.69, 9.17) is 20.4 Å². The topological polar surface area (TPSA) is 100 Å². The number of amides is 1. The Hall–Kier alpha value is -2.23. The summed E-state index contributed by atoms with van der Waals surface area (Å²) >= 11 is 0. The molecular formula is C38H67F3N7O+. The van der Waals surface area contributed by atoms with Gasteiger partial charge in [0.2, 0.25) is 5.91 Å². The summed E-state index contributed by atoms with van der Waals surface area (Å²) in [5, 5.41) is 3.48. The lowest BCUT2D eigenvalue weighted by Crippen LogP contribution is -2.60. The van der Waals surface area contributed by atoms with Crippen molar-refractivity contribution in [2.24, 2.45) is 50.7 Å². The summed E-state index contributed by atoms with van der Waals surface area (Å²) in [6.07, 6.45) is 8.86. The molecule has 11 heteroatoms. The molecule has 280 valence electrons. The number of hydrogen-bond donors (Lipinski definition) is 2. The Bertz CT molecular complexity index is 1170. The molecule has 3 aliphatic rings. The van der Waals surface area contributed by atoms with E-state index in [-0.39, 0.29) is 47.2 Å². The van der Waals surface area contributed by atoms with Gasteiger partial charge >= 0.3 is 6.18 Å². The molecule has 0 radical (unpaired) electrons. The maximum atomic E-state index is 14.5. The summed E-state index contributed by atoms with van der Waals surface area (Å²) in [5.74, 6) is 0.395. The monoisotopic (exact) mass is 695 g/mol. The van der Waals surface area contributed by atoms with Crippen LogP contribution in [0.5, 0.6) is 0 Å². The molecule has 7 atom stereocenters. The third-order valence-corrected chi connectivity index (χ3v) is 11.0. The lowest BCUT2D eigenvalue weighted by Gasteiger charge is -2.43. The van der Waals surface area contributed by atoms with Crippen LogP contribution in [0, 0.1) is 35.0 Å². The Morgan fingerprint density at radius 2 is 1.86 bits per heavy atom.